The Labute approximate surface area is 121 Å². The fourth-order valence-electron chi connectivity index (χ4n) is 2.07. The van der Waals surface area contributed by atoms with Crippen LogP contribution in [0.2, 0.25) is 0 Å². The van der Waals surface area contributed by atoms with Crippen molar-refractivity contribution in [2.75, 3.05) is 5.75 Å². The second kappa shape index (κ2) is 5.32. The number of carboxylic acids is 1. The maximum atomic E-state index is 10.8. The molecule has 0 aliphatic heterocycles. The van der Waals surface area contributed by atoms with Gasteiger partial charge in [-0.3, -0.25) is 4.79 Å². The molecule has 1 aromatic carbocycles. The van der Waals surface area contributed by atoms with Crippen LogP contribution in [-0.2, 0) is 4.79 Å². The second-order valence-electron chi connectivity index (χ2n) is 5.11. The zero-order valence-electron chi connectivity index (χ0n) is 11.2. The zero-order valence-corrected chi connectivity index (χ0v) is 12.1. The van der Waals surface area contributed by atoms with Crippen LogP contribution in [0.25, 0.3) is 5.69 Å². The van der Waals surface area contributed by atoms with Crippen molar-refractivity contribution in [1.29, 1.82) is 0 Å². The summed E-state index contributed by atoms with van der Waals surface area (Å²) in [5, 5.41) is 14.4. The van der Waals surface area contributed by atoms with Gasteiger partial charge < -0.3 is 5.11 Å². The Morgan fingerprint density at radius 1 is 1.40 bits per heavy atom. The van der Waals surface area contributed by atoms with Crippen LogP contribution in [0.4, 0.5) is 0 Å². The van der Waals surface area contributed by atoms with Gasteiger partial charge in [0.05, 0.1) is 17.1 Å². The number of carbonyl (C=O) groups is 1. The number of aliphatic carboxylic acids is 1. The third-order valence-electron chi connectivity index (χ3n) is 3.31. The molecule has 1 aromatic heterocycles. The van der Waals surface area contributed by atoms with E-state index in [9.17, 15) is 4.79 Å². The normalized spacial score (nSPS) is 14.4. The Balaban J connectivity index is 1.93. The Morgan fingerprint density at radius 3 is 2.70 bits per heavy atom. The van der Waals surface area contributed by atoms with E-state index >= 15 is 0 Å². The molecule has 1 aliphatic carbocycles. The van der Waals surface area contributed by atoms with Gasteiger partial charge in [-0.2, -0.15) is 5.10 Å². The lowest BCUT2D eigenvalue weighted by atomic mass is 10.2. The van der Waals surface area contributed by atoms with Crippen LogP contribution in [0.3, 0.4) is 0 Å². The molecular formula is C15H16N2O2S. The molecule has 1 heterocycles. The number of hydrogen-bond donors (Lipinski definition) is 1. The van der Waals surface area contributed by atoms with E-state index in [1.165, 1.54) is 30.2 Å². The molecule has 1 N–H and O–H groups in total. The van der Waals surface area contributed by atoms with Gasteiger partial charge in [-0.05, 0) is 38.0 Å². The maximum Gasteiger partial charge on any atom is 0.313 e. The van der Waals surface area contributed by atoms with Crippen LogP contribution >= 0.6 is 11.8 Å². The first kappa shape index (κ1) is 13.2. The lowest BCUT2D eigenvalue weighted by Gasteiger charge is -2.06. The predicted octanol–water partition coefficient (Wildman–Crippen LogP) is 3.23. The lowest BCUT2D eigenvalue weighted by Crippen LogP contribution is -2.02. The van der Waals surface area contributed by atoms with Crippen LogP contribution < -0.4 is 0 Å². The summed E-state index contributed by atoms with van der Waals surface area (Å²) in [6, 6.07) is 10.2. The number of aromatic nitrogens is 2. The number of rotatable bonds is 5. The third-order valence-corrected chi connectivity index (χ3v) is 4.29. The largest absolute Gasteiger partial charge is 0.481 e. The molecule has 1 fully saturated rings. The van der Waals surface area contributed by atoms with E-state index in [4.69, 9.17) is 5.11 Å². The minimum Gasteiger partial charge on any atom is -0.481 e. The highest BCUT2D eigenvalue weighted by molar-refractivity contribution is 7.99. The molecule has 0 radical (unpaired) electrons. The molecule has 0 unspecified atom stereocenters. The van der Waals surface area contributed by atoms with Crippen molar-refractivity contribution in [3.8, 4) is 5.69 Å². The molecule has 1 saturated carbocycles. The van der Waals surface area contributed by atoms with E-state index in [1.807, 2.05) is 41.9 Å². The number of carboxylic acid groups (broad SMARTS) is 1. The second-order valence-corrected chi connectivity index (χ2v) is 6.11. The number of benzene rings is 1. The molecule has 0 saturated heterocycles. The molecule has 0 amide bonds. The van der Waals surface area contributed by atoms with Crippen LogP contribution in [-0.4, -0.2) is 26.6 Å². The summed E-state index contributed by atoms with van der Waals surface area (Å²) in [4.78, 5) is 10.8. The van der Waals surface area contributed by atoms with Crippen molar-refractivity contribution < 1.29 is 9.90 Å². The first-order valence-electron chi connectivity index (χ1n) is 6.65. The number of thioether (sulfide) groups is 1. The summed E-state index contributed by atoms with van der Waals surface area (Å²) in [6.45, 7) is 2.04. The summed E-state index contributed by atoms with van der Waals surface area (Å²) in [7, 11) is 0. The van der Waals surface area contributed by atoms with Crippen LogP contribution in [0, 0.1) is 6.92 Å². The SMILES string of the molecule is Cc1ccc(-n2nc(C3CC3)cc2SCC(=O)O)cc1. The standard InChI is InChI=1S/C15H16N2O2S/c1-10-2-6-12(7-3-10)17-14(20-9-15(18)19)8-13(16-17)11-4-5-11/h2-3,6-8,11H,4-5,9H2,1H3,(H,18,19). The predicted molar refractivity (Wildman–Crippen MR) is 78.6 cm³/mol. The summed E-state index contributed by atoms with van der Waals surface area (Å²) in [5.74, 6) is -0.188. The van der Waals surface area contributed by atoms with Crippen LogP contribution in [0.15, 0.2) is 35.4 Å². The van der Waals surface area contributed by atoms with E-state index < -0.39 is 5.97 Å². The Morgan fingerprint density at radius 2 is 2.10 bits per heavy atom. The first-order chi connectivity index (χ1) is 9.63. The molecule has 0 bridgehead atoms. The molecule has 5 heteroatoms. The van der Waals surface area contributed by atoms with E-state index in [0.717, 1.165) is 16.4 Å². The van der Waals surface area contributed by atoms with E-state index in [1.54, 1.807) is 0 Å². The lowest BCUT2D eigenvalue weighted by molar-refractivity contribution is -0.133. The van der Waals surface area contributed by atoms with E-state index in [0.29, 0.717) is 5.92 Å². The minimum absolute atomic E-state index is 0.0572. The van der Waals surface area contributed by atoms with E-state index in [-0.39, 0.29) is 5.75 Å². The van der Waals surface area contributed by atoms with Gasteiger partial charge in [0.15, 0.2) is 0 Å². The summed E-state index contributed by atoms with van der Waals surface area (Å²) < 4.78 is 1.86. The Kier molecular flexibility index (Phi) is 3.53. The topological polar surface area (TPSA) is 55.1 Å². The quantitative estimate of drug-likeness (QED) is 0.858. The first-order valence-corrected chi connectivity index (χ1v) is 7.63. The summed E-state index contributed by atoms with van der Waals surface area (Å²) in [6.07, 6.45) is 2.38. The van der Waals surface area contributed by atoms with Crippen molar-refractivity contribution in [3.63, 3.8) is 0 Å². The average Bonchev–Trinajstić information content (AvgIpc) is 3.18. The van der Waals surface area contributed by atoms with Gasteiger partial charge in [-0.25, -0.2) is 4.68 Å². The summed E-state index contributed by atoms with van der Waals surface area (Å²) in [5.41, 5.74) is 3.26. The molecule has 1 aliphatic rings. The highest BCUT2D eigenvalue weighted by atomic mass is 32.2. The summed E-state index contributed by atoms with van der Waals surface area (Å²) >= 11 is 1.32. The zero-order chi connectivity index (χ0) is 14.1. The van der Waals surface area contributed by atoms with Crippen molar-refractivity contribution in [3.05, 3.63) is 41.6 Å². The van der Waals surface area contributed by atoms with Crippen molar-refractivity contribution in [2.24, 2.45) is 0 Å². The fraction of sp³-hybridized carbons (Fsp3) is 0.333. The van der Waals surface area contributed by atoms with Gasteiger partial charge in [0.25, 0.3) is 0 Å². The Bertz CT molecular complexity index is 630. The third kappa shape index (κ3) is 2.88. The van der Waals surface area contributed by atoms with Gasteiger partial charge in [-0.1, -0.05) is 29.5 Å². The van der Waals surface area contributed by atoms with Gasteiger partial charge in [0.1, 0.15) is 5.03 Å². The van der Waals surface area contributed by atoms with Gasteiger partial charge in [0, 0.05) is 5.92 Å². The molecule has 0 spiro atoms. The smallest absolute Gasteiger partial charge is 0.313 e. The molecule has 20 heavy (non-hydrogen) atoms. The van der Waals surface area contributed by atoms with Crippen molar-refractivity contribution >= 4 is 17.7 Å². The number of hydrogen-bond acceptors (Lipinski definition) is 3. The van der Waals surface area contributed by atoms with Crippen molar-refractivity contribution in [2.45, 2.75) is 30.7 Å². The van der Waals surface area contributed by atoms with Gasteiger partial charge in [0.2, 0.25) is 0 Å². The average molecular weight is 288 g/mol. The van der Waals surface area contributed by atoms with Gasteiger partial charge >= 0.3 is 5.97 Å². The molecule has 2 aromatic rings. The van der Waals surface area contributed by atoms with Crippen LogP contribution in [0.1, 0.15) is 30.0 Å². The molecule has 0 atom stereocenters. The molecule has 3 rings (SSSR count). The number of aryl methyl sites for hydroxylation is 1. The van der Waals surface area contributed by atoms with E-state index in [2.05, 4.69) is 5.10 Å². The highest BCUT2D eigenvalue weighted by Crippen LogP contribution is 2.40. The van der Waals surface area contributed by atoms with Crippen LogP contribution in [0.5, 0.6) is 0 Å². The van der Waals surface area contributed by atoms with Gasteiger partial charge in [-0.15, -0.1) is 0 Å². The Hall–Kier alpha value is -1.75. The maximum absolute atomic E-state index is 10.8. The minimum atomic E-state index is -0.806. The fourth-order valence-corrected chi connectivity index (χ4v) is 2.81. The monoisotopic (exact) mass is 288 g/mol. The molecular weight excluding hydrogens is 272 g/mol. The highest BCUT2D eigenvalue weighted by Gasteiger charge is 2.27. The molecule has 4 nitrogen and oxygen atoms in total. The van der Waals surface area contributed by atoms with Crippen molar-refractivity contribution in [1.82, 2.24) is 9.78 Å². The number of nitrogens with zero attached hydrogens (tertiary/aromatic N) is 2. The molecule has 104 valence electrons.